The molecular weight excluding hydrogens is 296 g/mol. The minimum Gasteiger partial charge on any atom is -0.507 e. The normalized spacial score (nSPS) is 13.3. The van der Waals surface area contributed by atoms with Gasteiger partial charge in [-0.1, -0.05) is 41.5 Å². The van der Waals surface area contributed by atoms with Gasteiger partial charge in [0.25, 0.3) is 0 Å². The molecule has 0 amide bonds. The maximum Gasteiger partial charge on any atom is 0.164 e. The van der Waals surface area contributed by atoms with Gasteiger partial charge in [-0.2, -0.15) is 0 Å². The number of alkyl halides is 1. The van der Waals surface area contributed by atoms with Crippen LogP contribution >= 0.6 is 11.6 Å². The van der Waals surface area contributed by atoms with Crippen LogP contribution in [0, 0.1) is 0 Å². The van der Waals surface area contributed by atoms with Gasteiger partial charge in [-0.15, -0.1) is 11.6 Å². The first-order valence-electron chi connectivity index (χ1n) is 7.73. The van der Waals surface area contributed by atoms with Gasteiger partial charge in [-0.05, 0) is 36.8 Å². The van der Waals surface area contributed by atoms with Crippen LogP contribution in [0.5, 0.6) is 5.75 Å². The van der Waals surface area contributed by atoms with Crippen LogP contribution in [0.1, 0.15) is 83.3 Å². The third-order valence-electron chi connectivity index (χ3n) is 3.63. The van der Waals surface area contributed by atoms with Gasteiger partial charge in [0.05, 0.1) is 0 Å². The minimum atomic E-state index is -0.571. The van der Waals surface area contributed by atoms with Crippen LogP contribution in [-0.2, 0) is 10.8 Å². The summed E-state index contributed by atoms with van der Waals surface area (Å²) in [6.07, 6.45) is 0.270. The number of hydrogen-bond donors (Lipinski definition) is 1. The fourth-order valence-electron chi connectivity index (χ4n) is 2.42. The highest BCUT2D eigenvalue weighted by Gasteiger charge is 2.29. The molecule has 22 heavy (non-hydrogen) atoms. The van der Waals surface area contributed by atoms with E-state index in [-0.39, 0.29) is 23.0 Å². The zero-order valence-corrected chi connectivity index (χ0v) is 15.9. The van der Waals surface area contributed by atoms with E-state index in [1.807, 2.05) is 67.5 Å². The number of rotatable bonds is 3. The molecule has 0 aliphatic rings. The Bertz CT molecular complexity index is 532. The van der Waals surface area contributed by atoms with E-state index in [1.54, 1.807) is 0 Å². The van der Waals surface area contributed by atoms with E-state index < -0.39 is 4.87 Å². The molecule has 0 spiro atoms. The summed E-state index contributed by atoms with van der Waals surface area (Å²) in [5.41, 5.74) is 1.75. The molecule has 0 aliphatic heterocycles. The smallest absolute Gasteiger partial charge is 0.164 e. The van der Waals surface area contributed by atoms with Gasteiger partial charge in [0.15, 0.2) is 5.78 Å². The van der Waals surface area contributed by atoms with Crippen LogP contribution in [0.2, 0.25) is 0 Å². The molecule has 0 unspecified atom stereocenters. The second kappa shape index (κ2) is 5.88. The molecule has 2 nitrogen and oxygen atoms in total. The number of aromatic hydroxyl groups is 1. The Kier molecular flexibility index (Phi) is 5.09. The largest absolute Gasteiger partial charge is 0.507 e. The monoisotopic (exact) mass is 324 g/mol. The number of carbonyl (C=O) groups is 1. The second-order valence-corrected chi connectivity index (χ2v) is 9.76. The quantitative estimate of drug-likeness (QED) is 0.582. The summed E-state index contributed by atoms with van der Waals surface area (Å²) in [5, 5.41) is 10.7. The summed E-state index contributed by atoms with van der Waals surface area (Å²) in [6, 6.07) is 3.63. The zero-order valence-electron chi connectivity index (χ0n) is 15.1. The van der Waals surface area contributed by atoms with Gasteiger partial charge >= 0.3 is 0 Å². The van der Waals surface area contributed by atoms with Crippen molar-refractivity contribution < 1.29 is 9.90 Å². The van der Waals surface area contributed by atoms with E-state index >= 15 is 0 Å². The predicted molar refractivity (Wildman–Crippen MR) is 94.4 cm³/mol. The molecule has 3 heteroatoms. The zero-order chi connectivity index (χ0) is 17.5. The molecular formula is C19H29ClO2. The van der Waals surface area contributed by atoms with Gasteiger partial charge in [-0.25, -0.2) is 0 Å². The topological polar surface area (TPSA) is 37.3 Å². The number of halogens is 1. The van der Waals surface area contributed by atoms with Gasteiger partial charge in [-0.3, -0.25) is 4.79 Å². The molecule has 0 saturated heterocycles. The van der Waals surface area contributed by atoms with E-state index in [2.05, 4.69) is 0 Å². The van der Waals surface area contributed by atoms with Crippen molar-refractivity contribution in [2.75, 3.05) is 0 Å². The Labute approximate surface area is 139 Å². The third kappa shape index (κ3) is 4.74. The lowest BCUT2D eigenvalue weighted by Gasteiger charge is -2.28. The summed E-state index contributed by atoms with van der Waals surface area (Å²) in [7, 11) is 0. The average molecular weight is 325 g/mol. The molecule has 1 N–H and O–H groups in total. The number of phenolic OH excluding ortho intramolecular Hbond substituents is 1. The maximum atomic E-state index is 12.6. The van der Waals surface area contributed by atoms with Crippen molar-refractivity contribution in [2.45, 2.75) is 77.5 Å². The minimum absolute atomic E-state index is 0.0102. The van der Waals surface area contributed by atoms with E-state index in [1.165, 1.54) is 0 Å². The van der Waals surface area contributed by atoms with Crippen molar-refractivity contribution in [3.05, 3.63) is 28.8 Å². The van der Waals surface area contributed by atoms with Crippen LogP contribution in [-0.4, -0.2) is 15.8 Å². The number of phenols is 1. The number of Topliss-reactive ketones (excluding diaryl/α,β-unsaturated/α-hetero) is 1. The molecule has 0 heterocycles. The van der Waals surface area contributed by atoms with Crippen LogP contribution in [0.4, 0.5) is 0 Å². The highest BCUT2D eigenvalue weighted by molar-refractivity contribution is 6.25. The van der Waals surface area contributed by atoms with Gasteiger partial charge in [0.1, 0.15) is 5.75 Å². The lowest BCUT2D eigenvalue weighted by Crippen LogP contribution is -2.21. The highest BCUT2D eigenvalue weighted by Crippen LogP contribution is 2.40. The average Bonchev–Trinajstić information content (AvgIpc) is 2.23. The van der Waals surface area contributed by atoms with Crippen molar-refractivity contribution in [3.63, 3.8) is 0 Å². The standard InChI is InChI=1S/C19H29ClO2/c1-17(2,3)13-9-12(15(21)11-19(7,8)20)10-14(16(13)22)18(4,5)6/h9-10,22H,11H2,1-8H3. The lowest BCUT2D eigenvalue weighted by atomic mass is 9.77. The summed E-state index contributed by atoms with van der Waals surface area (Å²) in [6.45, 7) is 15.9. The molecule has 0 radical (unpaired) electrons. The van der Waals surface area contributed by atoms with Crippen LogP contribution in [0.25, 0.3) is 0 Å². The molecule has 0 aromatic heterocycles. The van der Waals surface area contributed by atoms with Gasteiger partial charge in [0, 0.05) is 28.0 Å². The van der Waals surface area contributed by atoms with Crippen LogP contribution in [0.15, 0.2) is 12.1 Å². The summed E-state index contributed by atoms with van der Waals surface area (Å²) in [5.74, 6) is 0.303. The molecule has 0 atom stereocenters. The fourth-order valence-corrected chi connectivity index (χ4v) is 2.54. The van der Waals surface area contributed by atoms with Crippen molar-refractivity contribution in [3.8, 4) is 5.75 Å². The molecule has 0 bridgehead atoms. The van der Waals surface area contributed by atoms with E-state index in [9.17, 15) is 9.90 Å². The van der Waals surface area contributed by atoms with Crippen LogP contribution < -0.4 is 0 Å². The molecule has 1 rings (SSSR count). The Morgan fingerprint density at radius 3 is 1.59 bits per heavy atom. The summed E-state index contributed by atoms with van der Waals surface area (Å²) < 4.78 is 0. The fraction of sp³-hybridized carbons (Fsp3) is 0.632. The van der Waals surface area contributed by atoms with E-state index in [0.29, 0.717) is 11.3 Å². The molecule has 124 valence electrons. The van der Waals surface area contributed by atoms with Gasteiger partial charge < -0.3 is 5.11 Å². The van der Waals surface area contributed by atoms with Crippen molar-refractivity contribution in [1.82, 2.24) is 0 Å². The van der Waals surface area contributed by atoms with Gasteiger partial charge in [0.2, 0.25) is 0 Å². The maximum absolute atomic E-state index is 12.6. The molecule has 0 fully saturated rings. The molecule has 1 aromatic carbocycles. The van der Waals surface area contributed by atoms with Crippen molar-refractivity contribution >= 4 is 17.4 Å². The predicted octanol–water partition coefficient (Wildman–Crippen LogP) is 5.58. The number of ketones is 1. The second-order valence-electron chi connectivity index (χ2n) is 8.74. The third-order valence-corrected chi connectivity index (χ3v) is 3.76. The first kappa shape index (κ1) is 19.0. The van der Waals surface area contributed by atoms with Crippen LogP contribution in [0.3, 0.4) is 0 Å². The van der Waals surface area contributed by atoms with E-state index in [0.717, 1.165) is 11.1 Å². The summed E-state index contributed by atoms with van der Waals surface area (Å²) in [4.78, 5) is 12.0. The summed E-state index contributed by atoms with van der Waals surface area (Å²) >= 11 is 6.20. The van der Waals surface area contributed by atoms with Crippen molar-refractivity contribution in [1.29, 1.82) is 0 Å². The Hall–Kier alpha value is -1.02. The Morgan fingerprint density at radius 1 is 0.955 bits per heavy atom. The first-order chi connectivity index (χ1) is 9.63. The number of benzene rings is 1. The SMILES string of the molecule is CC(C)(Cl)CC(=O)c1cc(C(C)(C)C)c(O)c(C(C)(C)C)c1. The molecule has 0 saturated carbocycles. The van der Waals surface area contributed by atoms with E-state index in [4.69, 9.17) is 11.6 Å². The Morgan fingerprint density at radius 2 is 1.32 bits per heavy atom. The number of hydrogen-bond acceptors (Lipinski definition) is 2. The first-order valence-corrected chi connectivity index (χ1v) is 8.11. The lowest BCUT2D eigenvalue weighted by molar-refractivity contribution is 0.0972. The van der Waals surface area contributed by atoms with Crippen molar-refractivity contribution in [2.24, 2.45) is 0 Å². The Balaban J connectivity index is 3.52. The molecule has 0 aliphatic carbocycles. The number of carbonyl (C=O) groups excluding carboxylic acids is 1. The highest BCUT2D eigenvalue weighted by atomic mass is 35.5. The molecule has 1 aromatic rings.